The zero-order chi connectivity index (χ0) is 15.9. The number of carbonyl (C=O) groups is 1. The summed E-state index contributed by atoms with van der Waals surface area (Å²) in [7, 11) is 1.64. The lowest BCUT2D eigenvalue weighted by Gasteiger charge is -2.23. The molecule has 4 nitrogen and oxygen atoms in total. The van der Waals surface area contributed by atoms with Crippen LogP contribution in [0.15, 0.2) is 30.4 Å². The fraction of sp³-hybridized carbons (Fsp3) is 0.471. The second kappa shape index (κ2) is 7.72. The average molecular weight is 292 g/mol. The lowest BCUT2D eigenvalue weighted by Crippen LogP contribution is -2.14. The molecule has 4 heteroatoms. The molecule has 0 saturated carbocycles. The van der Waals surface area contributed by atoms with E-state index < -0.39 is 0 Å². The van der Waals surface area contributed by atoms with Crippen molar-refractivity contribution >= 4 is 5.97 Å². The summed E-state index contributed by atoms with van der Waals surface area (Å²) in [5.74, 6) is 1.23. The maximum absolute atomic E-state index is 11.2. The fourth-order valence-corrected chi connectivity index (χ4v) is 1.82. The predicted molar refractivity (Wildman–Crippen MR) is 83.0 cm³/mol. The van der Waals surface area contributed by atoms with Gasteiger partial charge in [-0.15, -0.1) is 0 Å². The molecule has 0 aromatic heterocycles. The van der Waals surface area contributed by atoms with Gasteiger partial charge < -0.3 is 14.2 Å². The number of hydrogen-bond donors (Lipinski definition) is 0. The van der Waals surface area contributed by atoms with Crippen molar-refractivity contribution in [1.29, 1.82) is 0 Å². The molecule has 0 N–H and O–H groups in total. The van der Waals surface area contributed by atoms with Crippen molar-refractivity contribution in [2.45, 2.75) is 33.1 Å². The van der Waals surface area contributed by atoms with Crippen molar-refractivity contribution < 1.29 is 19.0 Å². The van der Waals surface area contributed by atoms with Gasteiger partial charge in [-0.25, -0.2) is 4.79 Å². The smallest absolute Gasteiger partial charge is 0.330 e. The summed E-state index contributed by atoms with van der Waals surface area (Å²) in [5.41, 5.74) is 1.00. The summed E-state index contributed by atoms with van der Waals surface area (Å²) >= 11 is 0. The van der Waals surface area contributed by atoms with Crippen LogP contribution in [0.2, 0.25) is 0 Å². The molecule has 1 rings (SSSR count). The van der Waals surface area contributed by atoms with Gasteiger partial charge in [0, 0.05) is 11.6 Å². The quantitative estimate of drug-likeness (QED) is 0.594. The topological polar surface area (TPSA) is 44.8 Å². The Morgan fingerprint density at radius 3 is 2.57 bits per heavy atom. The van der Waals surface area contributed by atoms with Gasteiger partial charge in [-0.2, -0.15) is 0 Å². The first-order valence-electron chi connectivity index (χ1n) is 7.03. The highest BCUT2D eigenvalue weighted by atomic mass is 16.5. The number of benzene rings is 1. The number of carbonyl (C=O) groups excluding carboxylic acids is 1. The molecule has 0 amide bonds. The molecule has 0 spiro atoms. The van der Waals surface area contributed by atoms with Gasteiger partial charge in [0.15, 0.2) is 0 Å². The third-order valence-corrected chi connectivity index (χ3v) is 2.87. The summed E-state index contributed by atoms with van der Waals surface area (Å²) in [6.45, 7) is 8.80. The average Bonchev–Trinajstić information content (AvgIpc) is 2.43. The third-order valence-electron chi connectivity index (χ3n) is 2.87. The van der Waals surface area contributed by atoms with Crippen molar-refractivity contribution in [3.63, 3.8) is 0 Å². The van der Waals surface area contributed by atoms with E-state index in [0.29, 0.717) is 13.2 Å². The number of methoxy groups -OCH3 is 1. The summed E-state index contributed by atoms with van der Waals surface area (Å²) < 4.78 is 15.8. The molecule has 0 fully saturated rings. The molecule has 0 saturated heterocycles. The Morgan fingerprint density at radius 1 is 1.29 bits per heavy atom. The van der Waals surface area contributed by atoms with Crippen LogP contribution >= 0.6 is 0 Å². The molecule has 0 aliphatic carbocycles. The molecule has 0 atom stereocenters. The Balaban J connectivity index is 2.77. The highest BCUT2D eigenvalue weighted by Crippen LogP contribution is 2.34. The van der Waals surface area contributed by atoms with E-state index in [1.807, 2.05) is 18.2 Å². The number of rotatable bonds is 6. The molecule has 1 aromatic rings. The number of esters is 1. The van der Waals surface area contributed by atoms with Gasteiger partial charge in [0.05, 0.1) is 13.7 Å². The predicted octanol–water partition coefficient (Wildman–Crippen LogP) is 3.49. The van der Waals surface area contributed by atoms with E-state index in [0.717, 1.165) is 17.1 Å². The third kappa shape index (κ3) is 5.50. The maximum Gasteiger partial charge on any atom is 0.330 e. The Hall–Kier alpha value is -1.97. The monoisotopic (exact) mass is 292 g/mol. The van der Waals surface area contributed by atoms with E-state index in [1.54, 1.807) is 20.1 Å². The standard InChI is InChI=1S/C17H24O4/c1-6-20-16(18)8-7-11-21-15-10-9-13(19-5)12-14(15)17(2,3)4/h7-10,12H,6,11H2,1-5H3/b8-7+. The zero-order valence-corrected chi connectivity index (χ0v) is 13.4. The molecule has 0 bridgehead atoms. The molecule has 1 aromatic carbocycles. The van der Waals surface area contributed by atoms with E-state index in [-0.39, 0.29) is 11.4 Å². The summed E-state index contributed by atoms with van der Waals surface area (Å²) in [6.07, 6.45) is 3.03. The van der Waals surface area contributed by atoms with E-state index in [9.17, 15) is 4.79 Å². The van der Waals surface area contributed by atoms with Crippen molar-refractivity contribution in [3.8, 4) is 11.5 Å². The van der Waals surface area contributed by atoms with Gasteiger partial charge in [-0.1, -0.05) is 20.8 Å². The molecule has 0 heterocycles. The number of ether oxygens (including phenoxy) is 3. The highest BCUT2D eigenvalue weighted by Gasteiger charge is 2.19. The van der Waals surface area contributed by atoms with Gasteiger partial charge in [0.25, 0.3) is 0 Å². The first-order chi connectivity index (χ1) is 9.88. The van der Waals surface area contributed by atoms with Crippen LogP contribution in [0.5, 0.6) is 11.5 Å². The SMILES string of the molecule is CCOC(=O)/C=C/COc1ccc(OC)cc1C(C)(C)C. The first-order valence-corrected chi connectivity index (χ1v) is 7.03. The molecular formula is C17H24O4. The van der Waals surface area contributed by atoms with Crippen LogP contribution in [0.1, 0.15) is 33.3 Å². The van der Waals surface area contributed by atoms with Crippen LogP contribution in [-0.4, -0.2) is 26.3 Å². The van der Waals surface area contributed by atoms with Gasteiger partial charge in [0.1, 0.15) is 18.1 Å². The lowest BCUT2D eigenvalue weighted by molar-refractivity contribution is -0.137. The molecule has 21 heavy (non-hydrogen) atoms. The Morgan fingerprint density at radius 2 is 2.00 bits per heavy atom. The normalized spacial score (nSPS) is 11.5. The second-order valence-corrected chi connectivity index (χ2v) is 5.58. The van der Waals surface area contributed by atoms with Crippen molar-refractivity contribution in [2.75, 3.05) is 20.3 Å². The maximum atomic E-state index is 11.2. The summed E-state index contributed by atoms with van der Waals surface area (Å²) in [5, 5.41) is 0. The van der Waals surface area contributed by atoms with Gasteiger partial charge in [-0.05, 0) is 36.6 Å². The van der Waals surface area contributed by atoms with Crippen LogP contribution in [0.25, 0.3) is 0 Å². The molecule has 0 aliphatic heterocycles. The minimum atomic E-state index is -0.355. The molecular weight excluding hydrogens is 268 g/mol. The summed E-state index contributed by atoms with van der Waals surface area (Å²) in [4.78, 5) is 11.2. The van der Waals surface area contributed by atoms with E-state index in [2.05, 4.69) is 20.8 Å². The Kier molecular flexibility index (Phi) is 6.28. The minimum absolute atomic E-state index is 0.0608. The van der Waals surface area contributed by atoms with Crippen molar-refractivity contribution in [1.82, 2.24) is 0 Å². The van der Waals surface area contributed by atoms with Crippen molar-refractivity contribution in [3.05, 3.63) is 35.9 Å². The molecule has 0 aliphatic rings. The zero-order valence-electron chi connectivity index (χ0n) is 13.4. The first kappa shape index (κ1) is 17.1. The van der Waals surface area contributed by atoms with Gasteiger partial charge >= 0.3 is 5.97 Å². The van der Waals surface area contributed by atoms with Crippen LogP contribution in [0.3, 0.4) is 0 Å². The minimum Gasteiger partial charge on any atom is -0.497 e. The second-order valence-electron chi connectivity index (χ2n) is 5.58. The molecule has 116 valence electrons. The molecule has 0 unspecified atom stereocenters. The van der Waals surface area contributed by atoms with E-state index >= 15 is 0 Å². The van der Waals surface area contributed by atoms with Crippen LogP contribution in [-0.2, 0) is 14.9 Å². The van der Waals surface area contributed by atoms with E-state index in [1.165, 1.54) is 6.08 Å². The van der Waals surface area contributed by atoms with E-state index in [4.69, 9.17) is 14.2 Å². The van der Waals surface area contributed by atoms with Crippen molar-refractivity contribution in [2.24, 2.45) is 0 Å². The van der Waals surface area contributed by atoms with Crippen LogP contribution in [0.4, 0.5) is 0 Å². The molecule has 0 radical (unpaired) electrons. The summed E-state index contributed by atoms with van der Waals surface area (Å²) in [6, 6.07) is 5.72. The highest BCUT2D eigenvalue weighted by molar-refractivity contribution is 5.81. The Bertz CT molecular complexity index is 498. The van der Waals surface area contributed by atoms with Crippen LogP contribution in [0, 0.1) is 0 Å². The largest absolute Gasteiger partial charge is 0.497 e. The van der Waals surface area contributed by atoms with Crippen LogP contribution < -0.4 is 9.47 Å². The lowest BCUT2D eigenvalue weighted by atomic mass is 9.86. The fourth-order valence-electron chi connectivity index (χ4n) is 1.82. The Labute approximate surface area is 126 Å². The number of hydrogen-bond acceptors (Lipinski definition) is 4. The van der Waals surface area contributed by atoms with Gasteiger partial charge in [0.2, 0.25) is 0 Å². The van der Waals surface area contributed by atoms with Gasteiger partial charge in [-0.3, -0.25) is 0 Å².